The van der Waals surface area contributed by atoms with Gasteiger partial charge >= 0.3 is 0 Å². The van der Waals surface area contributed by atoms with Crippen LogP contribution in [0.15, 0.2) is 12.2 Å². The van der Waals surface area contributed by atoms with Crippen LogP contribution in [0.1, 0.15) is 26.7 Å². The van der Waals surface area contributed by atoms with Crippen LogP contribution in [-0.2, 0) is 4.79 Å². The monoisotopic (exact) mass is 158 g/mol. The molecule has 0 aromatic carbocycles. The van der Waals surface area contributed by atoms with Crippen molar-refractivity contribution < 1.29 is 4.79 Å². The molecule has 0 saturated heterocycles. The number of amides is 1. The van der Waals surface area contributed by atoms with Crippen molar-refractivity contribution in [2.45, 2.75) is 26.7 Å². The molecule has 0 aliphatic carbocycles. The first-order valence-corrected chi connectivity index (χ1v) is 3.77. The van der Waals surface area contributed by atoms with Crippen molar-refractivity contribution in [3.63, 3.8) is 0 Å². The van der Waals surface area contributed by atoms with Gasteiger partial charge in [-0.25, -0.2) is 0 Å². The molecule has 0 unspecified atom stereocenters. The normalized spacial score (nSPS) is 7.91. The molecule has 0 aromatic rings. The zero-order valence-electron chi connectivity index (χ0n) is 7.39. The molecule has 0 heterocycles. The highest BCUT2D eigenvalue weighted by atomic mass is 16.1. The lowest BCUT2D eigenvalue weighted by Gasteiger charge is -1.89. The maximum absolute atomic E-state index is 10.1. The number of hydrogen-bond donors (Lipinski definition) is 2. The van der Waals surface area contributed by atoms with Gasteiger partial charge in [0.15, 0.2) is 0 Å². The Labute approximate surface area is 68.5 Å². The minimum atomic E-state index is -0.400. The predicted molar refractivity (Wildman–Crippen MR) is 48.0 cm³/mol. The molecule has 0 atom stereocenters. The van der Waals surface area contributed by atoms with Crippen molar-refractivity contribution in [1.82, 2.24) is 0 Å². The number of primary amides is 1. The summed E-state index contributed by atoms with van der Waals surface area (Å²) < 4.78 is 0. The van der Waals surface area contributed by atoms with Crippen LogP contribution in [0.3, 0.4) is 0 Å². The van der Waals surface area contributed by atoms with Crippen molar-refractivity contribution in [2.24, 2.45) is 11.5 Å². The molecule has 0 radical (unpaired) electrons. The second kappa shape index (κ2) is 9.17. The van der Waals surface area contributed by atoms with Crippen LogP contribution in [0.2, 0.25) is 0 Å². The molecule has 0 aliphatic rings. The number of nitrogens with two attached hydrogens (primary N) is 2. The molecule has 0 fully saturated rings. The van der Waals surface area contributed by atoms with Gasteiger partial charge in [0.25, 0.3) is 0 Å². The van der Waals surface area contributed by atoms with Crippen LogP contribution >= 0.6 is 0 Å². The summed E-state index contributed by atoms with van der Waals surface area (Å²) in [7, 11) is 0. The Morgan fingerprint density at radius 2 is 1.82 bits per heavy atom. The highest BCUT2D eigenvalue weighted by Crippen LogP contribution is 1.91. The zero-order valence-corrected chi connectivity index (χ0v) is 7.39. The van der Waals surface area contributed by atoms with E-state index in [0.717, 1.165) is 13.0 Å². The molecule has 0 aromatic heterocycles. The summed E-state index contributed by atoms with van der Waals surface area (Å²) in [6, 6.07) is 0. The average Bonchev–Trinajstić information content (AvgIpc) is 2.03. The molecule has 3 heteroatoms. The van der Waals surface area contributed by atoms with Crippen LogP contribution in [0.4, 0.5) is 0 Å². The van der Waals surface area contributed by atoms with E-state index in [9.17, 15) is 4.79 Å². The standard InChI is InChI=1S/C5H9NO.C3H9N/c1-3-4(2)5(6)7;1-2-3-4/h2-3H2,1H3,(H2,6,7);2-4H2,1H3. The topological polar surface area (TPSA) is 69.1 Å². The molecule has 0 rings (SSSR count). The second-order valence-corrected chi connectivity index (χ2v) is 2.11. The van der Waals surface area contributed by atoms with E-state index in [0.29, 0.717) is 12.0 Å². The molecule has 4 N–H and O–H groups in total. The number of carbonyl (C=O) groups is 1. The summed E-state index contributed by atoms with van der Waals surface area (Å²) in [5.74, 6) is -0.400. The molecule has 0 saturated carbocycles. The van der Waals surface area contributed by atoms with E-state index in [4.69, 9.17) is 11.5 Å². The Bertz CT molecular complexity index is 119. The van der Waals surface area contributed by atoms with E-state index in [1.165, 1.54) is 0 Å². The van der Waals surface area contributed by atoms with Gasteiger partial charge in [0.05, 0.1) is 0 Å². The highest BCUT2D eigenvalue weighted by molar-refractivity contribution is 5.91. The summed E-state index contributed by atoms with van der Waals surface area (Å²) in [5, 5.41) is 0. The van der Waals surface area contributed by atoms with Gasteiger partial charge in [0.1, 0.15) is 0 Å². The smallest absolute Gasteiger partial charge is 0.244 e. The maximum Gasteiger partial charge on any atom is 0.244 e. The lowest BCUT2D eigenvalue weighted by atomic mass is 10.2. The van der Waals surface area contributed by atoms with Crippen LogP contribution in [-0.4, -0.2) is 12.5 Å². The highest BCUT2D eigenvalue weighted by Gasteiger charge is 1.93. The van der Waals surface area contributed by atoms with Crippen LogP contribution < -0.4 is 11.5 Å². The Morgan fingerprint density at radius 3 is 1.82 bits per heavy atom. The maximum atomic E-state index is 10.1. The van der Waals surface area contributed by atoms with Gasteiger partial charge in [0, 0.05) is 5.57 Å². The van der Waals surface area contributed by atoms with Gasteiger partial charge in [0.2, 0.25) is 5.91 Å². The summed E-state index contributed by atoms with van der Waals surface area (Å²) in [6.07, 6.45) is 1.75. The van der Waals surface area contributed by atoms with E-state index < -0.39 is 5.91 Å². The summed E-state index contributed by atoms with van der Waals surface area (Å²) >= 11 is 0. The first kappa shape index (κ1) is 12.8. The molecule has 11 heavy (non-hydrogen) atoms. The average molecular weight is 158 g/mol. The van der Waals surface area contributed by atoms with Gasteiger partial charge < -0.3 is 11.5 Å². The third kappa shape index (κ3) is 12.4. The molecular weight excluding hydrogens is 140 g/mol. The molecule has 1 amide bonds. The number of rotatable bonds is 3. The second-order valence-electron chi connectivity index (χ2n) is 2.11. The fourth-order valence-corrected chi connectivity index (χ4v) is 0.174. The largest absolute Gasteiger partial charge is 0.366 e. The third-order valence-corrected chi connectivity index (χ3v) is 1.06. The first-order chi connectivity index (χ1) is 5.09. The van der Waals surface area contributed by atoms with Crippen molar-refractivity contribution in [3.05, 3.63) is 12.2 Å². The number of carbonyl (C=O) groups excluding carboxylic acids is 1. The molecular formula is C8H18N2O. The van der Waals surface area contributed by atoms with E-state index in [1.54, 1.807) is 0 Å². The molecule has 0 aliphatic heterocycles. The van der Waals surface area contributed by atoms with Crippen molar-refractivity contribution in [1.29, 1.82) is 0 Å². The Kier molecular flexibility index (Phi) is 10.7. The SMILES string of the molecule is C=C(CC)C(N)=O.CCCN. The Morgan fingerprint density at radius 1 is 1.45 bits per heavy atom. The van der Waals surface area contributed by atoms with Gasteiger partial charge in [-0.05, 0) is 19.4 Å². The van der Waals surface area contributed by atoms with E-state index >= 15 is 0 Å². The van der Waals surface area contributed by atoms with Crippen molar-refractivity contribution >= 4 is 5.91 Å². The fourth-order valence-electron chi connectivity index (χ4n) is 0.174. The Hall–Kier alpha value is -0.830. The predicted octanol–water partition coefficient (Wildman–Crippen LogP) is 0.793. The van der Waals surface area contributed by atoms with Gasteiger partial charge in [-0.2, -0.15) is 0 Å². The van der Waals surface area contributed by atoms with Crippen LogP contribution in [0.5, 0.6) is 0 Å². The molecule has 0 bridgehead atoms. The molecule has 3 nitrogen and oxygen atoms in total. The quantitative estimate of drug-likeness (QED) is 0.596. The van der Waals surface area contributed by atoms with E-state index in [2.05, 4.69) is 13.5 Å². The zero-order chi connectivity index (χ0) is 9.28. The summed E-state index contributed by atoms with van der Waals surface area (Å²) in [6.45, 7) is 8.11. The summed E-state index contributed by atoms with van der Waals surface area (Å²) in [4.78, 5) is 10.1. The van der Waals surface area contributed by atoms with Gasteiger partial charge in [-0.1, -0.05) is 20.4 Å². The van der Waals surface area contributed by atoms with Crippen LogP contribution in [0.25, 0.3) is 0 Å². The Balaban J connectivity index is 0. The van der Waals surface area contributed by atoms with E-state index in [-0.39, 0.29) is 0 Å². The van der Waals surface area contributed by atoms with Crippen molar-refractivity contribution in [3.8, 4) is 0 Å². The number of hydrogen-bond acceptors (Lipinski definition) is 2. The minimum absolute atomic E-state index is 0.400. The van der Waals surface area contributed by atoms with Crippen molar-refractivity contribution in [2.75, 3.05) is 6.54 Å². The van der Waals surface area contributed by atoms with Gasteiger partial charge in [-0.3, -0.25) is 4.79 Å². The summed E-state index contributed by atoms with van der Waals surface area (Å²) in [5.41, 5.74) is 10.3. The molecule has 66 valence electrons. The van der Waals surface area contributed by atoms with Crippen LogP contribution in [0, 0.1) is 0 Å². The lowest BCUT2D eigenvalue weighted by molar-refractivity contribution is -0.114. The molecule has 0 spiro atoms. The lowest BCUT2D eigenvalue weighted by Crippen LogP contribution is -2.11. The first-order valence-electron chi connectivity index (χ1n) is 3.77. The van der Waals surface area contributed by atoms with E-state index in [1.807, 2.05) is 6.92 Å². The minimum Gasteiger partial charge on any atom is -0.366 e. The third-order valence-electron chi connectivity index (χ3n) is 1.06. The van der Waals surface area contributed by atoms with Gasteiger partial charge in [-0.15, -0.1) is 0 Å². The fraction of sp³-hybridized carbons (Fsp3) is 0.625.